The summed E-state index contributed by atoms with van der Waals surface area (Å²) in [5, 5.41) is 0. The van der Waals surface area contributed by atoms with Crippen LogP contribution in [0.4, 0.5) is 0 Å². The molecule has 0 aliphatic rings. The van der Waals surface area contributed by atoms with Crippen LogP contribution in [0.25, 0.3) is 0 Å². The van der Waals surface area contributed by atoms with Crippen LogP contribution < -0.4 is 11.5 Å². The number of rotatable bonds is 12. The van der Waals surface area contributed by atoms with E-state index in [1.165, 1.54) is 12.8 Å². The Kier molecular flexibility index (Phi) is 12.4. The van der Waals surface area contributed by atoms with Crippen LogP contribution in [0.15, 0.2) is 0 Å². The molecule has 1 unspecified atom stereocenters. The van der Waals surface area contributed by atoms with E-state index >= 15 is 0 Å². The average Bonchev–Trinajstić information content (AvgIpc) is 2.37. The standard InChI is InChI=1S/C14H30N2O2/c1-2-3-4-5-10-14(17)18-12-7-9-13(16)8-6-11-15/h13H,2-12,15-16H2,1H3. The van der Waals surface area contributed by atoms with Gasteiger partial charge in [-0.3, -0.25) is 4.79 Å². The maximum absolute atomic E-state index is 11.4. The Labute approximate surface area is 111 Å². The van der Waals surface area contributed by atoms with Crippen LogP contribution in [0.5, 0.6) is 0 Å². The molecule has 4 nitrogen and oxygen atoms in total. The van der Waals surface area contributed by atoms with Gasteiger partial charge in [0.15, 0.2) is 0 Å². The number of ether oxygens (including phenoxy) is 1. The predicted octanol–water partition coefficient (Wildman–Crippen LogP) is 2.35. The molecule has 0 bridgehead atoms. The lowest BCUT2D eigenvalue weighted by atomic mass is 10.1. The Morgan fingerprint density at radius 1 is 1.11 bits per heavy atom. The molecule has 0 rings (SSSR count). The fourth-order valence-corrected chi connectivity index (χ4v) is 1.82. The van der Waals surface area contributed by atoms with Gasteiger partial charge in [0.1, 0.15) is 0 Å². The van der Waals surface area contributed by atoms with Crippen LogP contribution in [0, 0.1) is 0 Å². The van der Waals surface area contributed by atoms with Crippen molar-refractivity contribution in [3.8, 4) is 0 Å². The molecule has 0 saturated heterocycles. The van der Waals surface area contributed by atoms with Gasteiger partial charge >= 0.3 is 5.97 Å². The second kappa shape index (κ2) is 12.8. The SMILES string of the molecule is CCCCCCC(=O)OCCCC(N)CCCN. The van der Waals surface area contributed by atoms with Crippen molar-refractivity contribution in [3.05, 3.63) is 0 Å². The number of carbonyl (C=O) groups excluding carboxylic acids is 1. The van der Waals surface area contributed by atoms with E-state index in [1.54, 1.807) is 0 Å². The van der Waals surface area contributed by atoms with Crippen LogP contribution in [-0.4, -0.2) is 25.2 Å². The van der Waals surface area contributed by atoms with Crippen molar-refractivity contribution in [3.63, 3.8) is 0 Å². The molecule has 0 aliphatic carbocycles. The van der Waals surface area contributed by atoms with Gasteiger partial charge in [-0.25, -0.2) is 0 Å². The average molecular weight is 258 g/mol. The summed E-state index contributed by atoms with van der Waals surface area (Å²) >= 11 is 0. The highest BCUT2D eigenvalue weighted by Gasteiger charge is 2.04. The minimum atomic E-state index is -0.0679. The van der Waals surface area contributed by atoms with Gasteiger partial charge in [-0.2, -0.15) is 0 Å². The topological polar surface area (TPSA) is 78.3 Å². The zero-order valence-electron chi connectivity index (χ0n) is 11.8. The molecule has 0 aromatic heterocycles. The maximum atomic E-state index is 11.4. The van der Waals surface area contributed by atoms with Crippen molar-refractivity contribution in [2.45, 2.75) is 70.8 Å². The molecule has 0 heterocycles. The van der Waals surface area contributed by atoms with Gasteiger partial charge < -0.3 is 16.2 Å². The van der Waals surface area contributed by atoms with Gasteiger partial charge in [0, 0.05) is 12.5 Å². The van der Waals surface area contributed by atoms with Gasteiger partial charge in [-0.1, -0.05) is 26.2 Å². The molecule has 0 saturated carbocycles. The van der Waals surface area contributed by atoms with E-state index in [0.29, 0.717) is 19.6 Å². The predicted molar refractivity (Wildman–Crippen MR) is 75.2 cm³/mol. The van der Waals surface area contributed by atoms with Gasteiger partial charge in [0.25, 0.3) is 0 Å². The first-order valence-corrected chi connectivity index (χ1v) is 7.32. The van der Waals surface area contributed by atoms with Crippen LogP contribution in [-0.2, 0) is 9.53 Å². The minimum Gasteiger partial charge on any atom is -0.466 e. The highest BCUT2D eigenvalue weighted by atomic mass is 16.5. The first-order valence-electron chi connectivity index (χ1n) is 7.32. The van der Waals surface area contributed by atoms with Crippen molar-refractivity contribution in [1.29, 1.82) is 0 Å². The van der Waals surface area contributed by atoms with Crippen molar-refractivity contribution < 1.29 is 9.53 Å². The monoisotopic (exact) mass is 258 g/mol. The normalized spacial score (nSPS) is 12.4. The van der Waals surface area contributed by atoms with Crippen molar-refractivity contribution in [2.75, 3.05) is 13.2 Å². The Morgan fingerprint density at radius 2 is 1.83 bits per heavy atom. The highest BCUT2D eigenvalue weighted by molar-refractivity contribution is 5.69. The fraction of sp³-hybridized carbons (Fsp3) is 0.929. The summed E-state index contributed by atoms with van der Waals surface area (Å²) in [5.74, 6) is -0.0679. The number of hydrogen-bond donors (Lipinski definition) is 2. The Hall–Kier alpha value is -0.610. The Morgan fingerprint density at radius 3 is 2.50 bits per heavy atom. The van der Waals surface area contributed by atoms with E-state index in [4.69, 9.17) is 16.2 Å². The Bertz CT molecular complexity index is 198. The third-order valence-electron chi connectivity index (χ3n) is 3.00. The quantitative estimate of drug-likeness (QED) is 0.416. The van der Waals surface area contributed by atoms with Gasteiger partial charge in [0.05, 0.1) is 6.61 Å². The zero-order chi connectivity index (χ0) is 13.6. The molecular weight excluding hydrogens is 228 g/mol. The number of unbranched alkanes of at least 4 members (excludes halogenated alkanes) is 3. The molecule has 18 heavy (non-hydrogen) atoms. The number of nitrogens with two attached hydrogens (primary N) is 2. The number of esters is 1. The maximum Gasteiger partial charge on any atom is 0.305 e. The number of hydrogen-bond acceptors (Lipinski definition) is 4. The molecule has 0 aliphatic heterocycles. The van der Waals surface area contributed by atoms with Crippen LogP contribution in [0.3, 0.4) is 0 Å². The summed E-state index contributed by atoms with van der Waals surface area (Å²) in [6.07, 6.45) is 8.70. The second-order valence-electron chi connectivity index (χ2n) is 4.86. The van der Waals surface area contributed by atoms with E-state index in [1.807, 2.05) is 0 Å². The minimum absolute atomic E-state index is 0.0679. The second-order valence-corrected chi connectivity index (χ2v) is 4.86. The summed E-state index contributed by atoms with van der Waals surface area (Å²) in [5.41, 5.74) is 11.3. The lowest BCUT2D eigenvalue weighted by Crippen LogP contribution is -2.21. The summed E-state index contributed by atoms with van der Waals surface area (Å²) in [7, 11) is 0. The molecule has 0 aromatic rings. The largest absolute Gasteiger partial charge is 0.466 e. The van der Waals surface area contributed by atoms with Crippen molar-refractivity contribution in [1.82, 2.24) is 0 Å². The molecule has 0 spiro atoms. The Balaban J connectivity index is 3.29. The van der Waals surface area contributed by atoms with E-state index in [9.17, 15) is 4.79 Å². The molecule has 0 radical (unpaired) electrons. The van der Waals surface area contributed by atoms with E-state index in [-0.39, 0.29) is 12.0 Å². The molecule has 0 aromatic carbocycles. The molecule has 4 heteroatoms. The van der Waals surface area contributed by atoms with E-state index < -0.39 is 0 Å². The molecule has 1 atom stereocenters. The molecule has 108 valence electrons. The lowest BCUT2D eigenvalue weighted by Gasteiger charge is -2.10. The van der Waals surface area contributed by atoms with E-state index in [0.717, 1.165) is 38.5 Å². The first kappa shape index (κ1) is 17.4. The van der Waals surface area contributed by atoms with E-state index in [2.05, 4.69) is 6.92 Å². The van der Waals surface area contributed by atoms with Crippen molar-refractivity contribution >= 4 is 5.97 Å². The highest BCUT2D eigenvalue weighted by Crippen LogP contribution is 2.05. The first-order chi connectivity index (χ1) is 8.70. The fourth-order valence-electron chi connectivity index (χ4n) is 1.82. The molecule has 4 N–H and O–H groups in total. The van der Waals surface area contributed by atoms with Gasteiger partial charge in [0.2, 0.25) is 0 Å². The zero-order valence-corrected chi connectivity index (χ0v) is 11.8. The molecule has 0 amide bonds. The molecular formula is C14H30N2O2. The van der Waals surface area contributed by atoms with Gasteiger partial charge in [-0.15, -0.1) is 0 Å². The van der Waals surface area contributed by atoms with Crippen LogP contribution in [0.2, 0.25) is 0 Å². The summed E-state index contributed by atoms with van der Waals surface area (Å²) in [6.45, 7) is 3.36. The number of carbonyl (C=O) groups is 1. The third kappa shape index (κ3) is 11.9. The third-order valence-corrected chi connectivity index (χ3v) is 3.00. The lowest BCUT2D eigenvalue weighted by molar-refractivity contribution is -0.143. The van der Waals surface area contributed by atoms with Gasteiger partial charge in [-0.05, 0) is 38.6 Å². The van der Waals surface area contributed by atoms with Crippen molar-refractivity contribution in [2.24, 2.45) is 11.5 Å². The smallest absolute Gasteiger partial charge is 0.305 e. The van der Waals surface area contributed by atoms with Crippen LogP contribution in [0.1, 0.15) is 64.7 Å². The van der Waals surface area contributed by atoms with Crippen LogP contribution >= 0.6 is 0 Å². The summed E-state index contributed by atoms with van der Waals surface area (Å²) in [4.78, 5) is 11.4. The summed E-state index contributed by atoms with van der Waals surface area (Å²) < 4.78 is 5.16. The summed E-state index contributed by atoms with van der Waals surface area (Å²) in [6, 6.07) is 0.191. The molecule has 0 fully saturated rings.